The van der Waals surface area contributed by atoms with Crippen LogP contribution >= 0.6 is 0 Å². The summed E-state index contributed by atoms with van der Waals surface area (Å²) in [5.41, 5.74) is 1.62. The average Bonchev–Trinajstić information content (AvgIpc) is 3.58. The van der Waals surface area contributed by atoms with E-state index in [1.54, 1.807) is 40.2 Å². The standard InChI is InChI=1S/C25H25FN6O2/c26-20-3-1-2-4-21(20)32-13-8-22(29-32)28-16-18-5-9-25(10-6-18)17-31(24(33)34-25)19-7-12-30-14-11-27-23(30)15-19/h1-4,7-8,11-15,18H,5-6,9-10,16-17H2,(H,28,29). The molecule has 0 bridgehead atoms. The van der Waals surface area contributed by atoms with Gasteiger partial charge in [0.2, 0.25) is 0 Å². The van der Waals surface area contributed by atoms with Crippen LogP contribution in [0.4, 0.5) is 20.7 Å². The number of nitrogens with one attached hydrogen (secondary N) is 1. The summed E-state index contributed by atoms with van der Waals surface area (Å²) in [6.07, 6.45) is 10.6. The van der Waals surface area contributed by atoms with Gasteiger partial charge in [-0.1, -0.05) is 12.1 Å². The van der Waals surface area contributed by atoms with Crippen molar-refractivity contribution in [3.8, 4) is 5.69 Å². The predicted molar refractivity (Wildman–Crippen MR) is 126 cm³/mol. The van der Waals surface area contributed by atoms with Gasteiger partial charge in [-0.3, -0.25) is 4.90 Å². The number of imidazole rings is 1. The Morgan fingerprint density at radius 3 is 2.82 bits per heavy atom. The molecule has 0 unspecified atom stereocenters. The Bertz CT molecular complexity index is 1340. The molecular formula is C25H25FN6O2. The number of hydrogen-bond donors (Lipinski definition) is 1. The molecule has 3 aromatic heterocycles. The van der Waals surface area contributed by atoms with Gasteiger partial charge in [0.25, 0.3) is 0 Å². The third-order valence-corrected chi connectivity index (χ3v) is 6.94. The van der Waals surface area contributed by atoms with Crippen LogP contribution < -0.4 is 10.2 Å². The first kappa shape index (κ1) is 20.7. The number of nitrogens with zero attached hydrogens (tertiary/aromatic N) is 5. The molecule has 2 aliphatic rings. The predicted octanol–water partition coefficient (Wildman–Crippen LogP) is 4.66. The maximum atomic E-state index is 14.0. The SMILES string of the molecule is O=C1OC2(CCC(CNc3ccn(-c4ccccc4F)n3)CC2)CN1c1ccn2ccnc2c1. The first-order valence-electron chi connectivity index (χ1n) is 11.6. The van der Waals surface area contributed by atoms with E-state index in [1.807, 2.05) is 35.0 Å². The first-order valence-corrected chi connectivity index (χ1v) is 11.6. The monoisotopic (exact) mass is 460 g/mol. The van der Waals surface area contributed by atoms with Gasteiger partial charge >= 0.3 is 6.09 Å². The number of amides is 1. The van der Waals surface area contributed by atoms with Gasteiger partial charge < -0.3 is 14.5 Å². The molecule has 174 valence electrons. The summed E-state index contributed by atoms with van der Waals surface area (Å²) in [5, 5.41) is 7.83. The molecule has 1 N–H and O–H groups in total. The van der Waals surface area contributed by atoms with Crippen LogP contribution in [0.3, 0.4) is 0 Å². The molecule has 1 aromatic carbocycles. The van der Waals surface area contributed by atoms with E-state index in [2.05, 4.69) is 15.4 Å². The van der Waals surface area contributed by atoms with E-state index in [0.29, 0.717) is 18.2 Å². The number of hydrogen-bond acceptors (Lipinski definition) is 5. The van der Waals surface area contributed by atoms with Crippen molar-refractivity contribution in [3.05, 3.63) is 73.1 Å². The Kier molecular flexibility index (Phi) is 4.97. The molecule has 2 fully saturated rings. The number of anilines is 2. The van der Waals surface area contributed by atoms with Gasteiger partial charge in [-0.05, 0) is 49.8 Å². The van der Waals surface area contributed by atoms with Crippen LogP contribution in [0.1, 0.15) is 25.7 Å². The zero-order chi connectivity index (χ0) is 23.1. The highest BCUT2D eigenvalue weighted by Gasteiger charge is 2.47. The number of carbonyl (C=O) groups is 1. The zero-order valence-corrected chi connectivity index (χ0v) is 18.6. The normalized spacial score (nSPS) is 22.4. The fourth-order valence-electron chi connectivity index (χ4n) is 5.00. The van der Waals surface area contributed by atoms with E-state index in [9.17, 15) is 9.18 Å². The average molecular weight is 461 g/mol. The largest absolute Gasteiger partial charge is 0.441 e. The van der Waals surface area contributed by atoms with Crippen molar-refractivity contribution in [1.82, 2.24) is 19.2 Å². The van der Waals surface area contributed by atoms with Crippen LogP contribution in [0, 0.1) is 11.7 Å². The van der Waals surface area contributed by atoms with Gasteiger partial charge in [-0.25, -0.2) is 18.9 Å². The summed E-state index contributed by atoms with van der Waals surface area (Å²) in [4.78, 5) is 18.7. The van der Waals surface area contributed by atoms with Gasteiger partial charge in [0.1, 0.15) is 28.6 Å². The Hall–Kier alpha value is -3.88. The van der Waals surface area contributed by atoms with Crippen LogP contribution in [0.25, 0.3) is 11.3 Å². The van der Waals surface area contributed by atoms with E-state index >= 15 is 0 Å². The second kappa shape index (κ2) is 8.16. The molecule has 4 aromatic rings. The van der Waals surface area contributed by atoms with Crippen LogP contribution in [0.15, 0.2) is 67.3 Å². The van der Waals surface area contributed by atoms with Crippen molar-refractivity contribution >= 4 is 23.2 Å². The van der Waals surface area contributed by atoms with Crippen molar-refractivity contribution in [2.24, 2.45) is 5.92 Å². The summed E-state index contributed by atoms with van der Waals surface area (Å²) in [6.45, 7) is 1.34. The van der Waals surface area contributed by atoms with E-state index in [4.69, 9.17) is 4.74 Å². The van der Waals surface area contributed by atoms with Crippen LogP contribution in [-0.4, -0.2) is 43.9 Å². The summed E-state index contributed by atoms with van der Waals surface area (Å²) in [6, 6.07) is 12.3. The topological polar surface area (TPSA) is 76.7 Å². The molecule has 9 heteroatoms. The molecule has 1 saturated carbocycles. The number of rotatable bonds is 5. The highest BCUT2D eigenvalue weighted by molar-refractivity contribution is 5.90. The maximum Gasteiger partial charge on any atom is 0.415 e. The van der Waals surface area contributed by atoms with Gasteiger partial charge in [0, 0.05) is 43.5 Å². The minimum Gasteiger partial charge on any atom is -0.441 e. The van der Waals surface area contributed by atoms with Gasteiger partial charge in [0.05, 0.1) is 12.2 Å². The lowest BCUT2D eigenvalue weighted by atomic mass is 9.78. The van der Waals surface area contributed by atoms with Crippen molar-refractivity contribution in [2.45, 2.75) is 31.3 Å². The number of carbonyl (C=O) groups excluding carboxylic acids is 1. The van der Waals surface area contributed by atoms with Crippen molar-refractivity contribution in [1.29, 1.82) is 0 Å². The van der Waals surface area contributed by atoms with Gasteiger partial charge in [0.15, 0.2) is 0 Å². The molecule has 1 aliphatic carbocycles. The molecule has 1 amide bonds. The third-order valence-electron chi connectivity index (χ3n) is 6.94. The Labute approximate surface area is 196 Å². The summed E-state index contributed by atoms with van der Waals surface area (Å²) >= 11 is 0. The smallest absolute Gasteiger partial charge is 0.415 e. The van der Waals surface area contributed by atoms with Crippen molar-refractivity contribution < 1.29 is 13.9 Å². The van der Waals surface area contributed by atoms with Gasteiger partial charge in [-0.2, -0.15) is 5.10 Å². The first-order chi connectivity index (χ1) is 16.6. The summed E-state index contributed by atoms with van der Waals surface area (Å²) in [7, 11) is 0. The fourth-order valence-corrected chi connectivity index (χ4v) is 5.00. The molecule has 6 rings (SSSR count). The summed E-state index contributed by atoms with van der Waals surface area (Å²) in [5.74, 6) is 0.870. The third kappa shape index (κ3) is 3.76. The minimum atomic E-state index is -0.429. The molecule has 8 nitrogen and oxygen atoms in total. The van der Waals surface area contributed by atoms with Gasteiger partial charge in [-0.15, -0.1) is 0 Å². The molecule has 4 heterocycles. The Balaban J connectivity index is 1.05. The fraction of sp³-hybridized carbons (Fsp3) is 0.320. The molecule has 1 spiro atoms. The molecule has 34 heavy (non-hydrogen) atoms. The quantitative estimate of drug-likeness (QED) is 0.469. The highest BCUT2D eigenvalue weighted by Crippen LogP contribution is 2.41. The lowest BCUT2D eigenvalue weighted by Crippen LogP contribution is -2.39. The Morgan fingerprint density at radius 2 is 1.97 bits per heavy atom. The molecule has 1 aliphatic heterocycles. The second-order valence-corrected chi connectivity index (χ2v) is 9.14. The number of aromatic nitrogens is 4. The molecule has 1 saturated heterocycles. The lowest BCUT2D eigenvalue weighted by molar-refractivity contribution is 0.0148. The number of para-hydroxylation sites is 1. The lowest BCUT2D eigenvalue weighted by Gasteiger charge is -2.35. The van der Waals surface area contributed by atoms with E-state index in [-0.39, 0.29) is 11.9 Å². The number of ether oxygens (including phenoxy) is 1. The number of benzene rings is 1. The van der Waals surface area contributed by atoms with Crippen molar-refractivity contribution in [2.75, 3.05) is 23.3 Å². The Morgan fingerprint density at radius 1 is 1.12 bits per heavy atom. The number of fused-ring (bicyclic) bond motifs is 1. The van der Waals surface area contributed by atoms with E-state index < -0.39 is 5.60 Å². The van der Waals surface area contributed by atoms with Crippen molar-refractivity contribution in [3.63, 3.8) is 0 Å². The number of pyridine rings is 1. The van der Waals surface area contributed by atoms with E-state index in [1.165, 1.54) is 6.07 Å². The van der Waals surface area contributed by atoms with Crippen LogP contribution in [0.5, 0.6) is 0 Å². The molecule has 0 atom stereocenters. The van der Waals surface area contributed by atoms with Crippen LogP contribution in [0.2, 0.25) is 0 Å². The second-order valence-electron chi connectivity index (χ2n) is 9.14. The minimum absolute atomic E-state index is 0.286. The summed E-state index contributed by atoms with van der Waals surface area (Å²) < 4.78 is 23.4. The highest BCUT2D eigenvalue weighted by atomic mass is 19.1. The zero-order valence-electron chi connectivity index (χ0n) is 18.6. The number of halogens is 1. The molecular weight excluding hydrogens is 435 g/mol. The maximum absolute atomic E-state index is 14.0. The van der Waals surface area contributed by atoms with E-state index in [0.717, 1.165) is 49.4 Å². The molecule has 0 radical (unpaired) electrons. The van der Waals surface area contributed by atoms with Crippen LogP contribution in [-0.2, 0) is 4.74 Å².